The third-order valence-corrected chi connectivity index (χ3v) is 8.14. The van der Waals surface area contributed by atoms with Crippen molar-refractivity contribution in [1.29, 1.82) is 0 Å². The first-order valence-corrected chi connectivity index (χ1v) is 12.2. The van der Waals surface area contributed by atoms with Crippen LogP contribution in [0.5, 0.6) is 0 Å². The summed E-state index contributed by atoms with van der Waals surface area (Å²) in [6, 6.07) is 18.5. The molecular weight excluding hydrogens is 534 g/mol. The van der Waals surface area contributed by atoms with Crippen LogP contribution < -0.4 is 4.90 Å². The molecular formula is C27H17BrClNO5. The van der Waals surface area contributed by atoms with Crippen LogP contribution in [0.1, 0.15) is 37.9 Å². The molecule has 35 heavy (non-hydrogen) atoms. The number of hydrogen-bond acceptors (Lipinski definition) is 5. The van der Waals surface area contributed by atoms with E-state index in [1.165, 1.54) is 0 Å². The van der Waals surface area contributed by atoms with E-state index in [1.807, 2.05) is 0 Å². The van der Waals surface area contributed by atoms with Crippen LogP contribution in [0.15, 0.2) is 71.2 Å². The molecule has 174 valence electrons. The number of ether oxygens (including phenoxy) is 1. The summed E-state index contributed by atoms with van der Waals surface area (Å²) in [6.07, 6.45) is -0.962. The van der Waals surface area contributed by atoms with Crippen molar-refractivity contribution in [3.63, 3.8) is 0 Å². The van der Waals surface area contributed by atoms with E-state index < -0.39 is 46.9 Å². The number of imide groups is 1. The molecule has 2 aliphatic heterocycles. The second-order valence-corrected chi connectivity index (χ2v) is 10.3. The van der Waals surface area contributed by atoms with Gasteiger partial charge in [-0.2, -0.15) is 0 Å². The highest BCUT2D eigenvalue weighted by atomic mass is 79.9. The molecule has 6 rings (SSSR count). The molecule has 1 spiro atoms. The average Bonchev–Trinajstić information content (AvgIpc) is 3.42. The Balaban J connectivity index is 1.56. The molecule has 6 nitrogen and oxygen atoms in total. The van der Waals surface area contributed by atoms with Gasteiger partial charge in [-0.1, -0.05) is 70.0 Å². The molecule has 2 saturated heterocycles. The van der Waals surface area contributed by atoms with Crippen LogP contribution in [0, 0.1) is 18.8 Å². The molecule has 1 aliphatic carbocycles. The molecule has 2 amide bonds. The average molecular weight is 551 g/mol. The standard InChI is InChI=1S/C27H17BrClNO5/c1-13-18(29)7-4-8-19(13)30-25(33)20-21(26(30)34)27(35-22(20)14-9-11-15(28)12-10-14)23(31)16-5-2-3-6-17(16)24(27)32/h2-12,20-22H,1H3. The number of fused-ring (bicyclic) bond motifs is 3. The number of halogens is 2. The molecule has 3 aromatic rings. The van der Waals surface area contributed by atoms with Crippen LogP contribution >= 0.6 is 27.5 Å². The number of nitrogens with zero attached hydrogens (tertiary/aromatic N) is 1. The summed E-state index contributed by atoms with van der Waals surface area (Å²) in [5.41, 5.74) is -0.210. The van der Waals surface area contributed by atoms with Crippen LogP contribution in [-0.4, -0.2) is 29.0 Å². The highest BCUT2D eigenvalue weighted by molar-refractivity contribution is 9.10. The van der Waals surface area contributed by atoms with Crippen LogP contribution in [0.4, 0.5) is 5.69 Å². The molecule has 0 N–H and O–H groups in total. The van der Waals surface area contributed by atoms with Gasteiger partial charge in [0.05, 0.1) is 23.6 Å². The second-order valence-electron chi connectivity index (χ2n) is 8.93. The first-order valence-electron chi connectivity index (χ1n) is 11.0. The van der Waals surface area contributed by atoms with Gasteiger partial charge in [-0.3, -0.25) is 19.2 Å². The number of ketones is 2. The van der Waals surface area contributed by atoms with Gasteiger partial charge in [0.1, 0.15) is 0 Å². The predicted molar refractivity (Wildman–Crippen MR) is 131 cm³/mol. The van der Waals surface area contributed by atoms with Crippen LogP contribution in [0.3, 0.4) is 0 Å². The van der Waals surface area contributed by atoms with Gasteiger partial charge >= 0.3 is 0 Å². The Hall–Kier alpha value is -3.13. The van der Waals surface area contributed by atoms with E-state index in [4.69, 9.17) is 16.3 Å². The van der Waals surface area contributed by atoms with Crippen molar-refractivity contribution < 1.29 is 23.9 Å². The summed E-state index contributed by atoms with van der Waals surface area (Å²) >= 11 is 9.68. The molecule has 3 aliphatic rings. The highest BCUT2D eigenvalue weighted by Crippen LogP contribution is 2.58. The Bertz CT molecular complexity index is 1430. The first kappa shape index (κ1) is 22.3. The lowest BCUT2D eigenvalue weighted by molar-refractivity contribution is -0.127. The molecule has 0 aromatic heterocycles. The Morgan fingerprint density at radius 3 is 2.11 bits per heavy atom. The van der Waals surface area contributed by atoms with Gasteiger partial charge in [0.2, 0.25) is 29.0 Å². The van der Waals surface area contributed by atoms with Gasteiger partial charge < -0.3 is 4.74 Å². The van der Waals surface area contributed by atoms with Gasteiger partial charge in [0, 0.05) is 20.6 Å². The summed E-state index contributed by atoms with van der Waals surface area (Å²) in [7, 11) is 0. The van der Waals surface area contributed by atoms with Crippen LogP contribution in [0.25, 0.3) is 0 Å². The van der Waals surface area contributed by atoms with Crippen molar-refractivity contribution in [2.75, 3.05) is 4.90 Å². The minimum atomic E-state index is -2.10. The van der Waals surface area contributed by atoms with E-state index in [-0.39, 0.29) is 11.1 Å². The molecule has 3 aromatic carbocycles. The number of carbonyl (C=O) groups excluding carboxylic acids is 4. The number of hydrogen-bond donors (Lipinski definition) is 0. The third-order valence-electron chi connectivity index (χ3n) is 7.20. The van der Waals surface area contributed by atoms with Crippen molar-refractivity contribution in [2.45, 2.75) is 18.6 Å². The van der Waals surface area contributed by atoms with Crippen molar-refractivity contribution in [1.82, 2.24) is 0 Å². The smallest absolute Gasteiger partial charge is 0.241 e. The number of anilines is 1. The van der Waals surface area contributed by atoms with E-state index in [1.54, 1.807) is 73.7 Å². The molecule has 0 bridgehead atoms. The van der Waals surface area contributed by atoms with Gasteiger partial charge in [0.15, 0.2) is 0 Å². The summed E-state index contributed by atoms with van der Waals surface area (Å²) in [4.78, 5) is 56.4. The Labute approximate surface area is 214 Å². The minimum absolute atomic E-state index is 0.199. The third kappa shape index (κ3) is 2.86. The number of amides is 2. The van der Waals surface area contributed by atoms with Crippen molar-refractivity contribution in [3.8, 4) is 0 Å². The summed E-state index contributed by atoms with van der Waals surface area (Å²) in [5.74, 6) is -4.68. The molecule has 0 radical (unpaired) electrons. The van der Waals surface area contributed by atoms with E-state index in [0.29, 0.717) is 21.8 Å². The maximum Gasteiger partial charge on any atom is 0.241 e. The lowest BCUT2D eigenvalue weighted by Gasteiger charge is -2.27. The molecule has 3 unspecified atom stereocenters. The zero-order chi connectivity index (χ0) is 24.6. The molecule has 3 atom stereocenters. The van der Waals surface area contributed by atoms with E-state index >= 15 is 0 Å². The fraction of sp³-hybridized carbons (Fsp3) is 0.185. The van der Waals surface area contributed by atoms with Crippen molar-refractivity contribution >= 4 is 56.6 Å². The maximum absolute atomic E-state index is 14.0. The molecule has 0 saturated carbocycles. The zero-order valence-corrected chi connectivity index (χ0v) is 20.7. The number of carbonyl (C=O) groups is 4. The molecule has 8 heteroatoms. The van der Waals surface area contributed by atoms with E-state index in [9.17, 15) is 19.2 Å². The number of rotatable bonds is 2. The van der Waals surface area contributed by atoms with Crippen molar-refractivity contribution in [2.24, 2.45) is 11.8 Å². The lowest BCUT2D eigenvalue weighted by Crippen LogP contribution is -2.51. The Morgan fingerprint density at radius 2 is 1.49 bits per heavy atom. The van der Waals surface area contributed by atoms with Crippen molar-refractivity contribution in [3.05, 3.63) is 98.5 Å². The summed E-state index contributed by atoms with van der Waals surface area (Å²) in [5, 5.41) is 0.399. The quantitative estimate of drug-likeness (QED) is 0.327. The normalized spacial score (nSPS) is 24.4. The lowest BCUT2D eigenvalue weighted by atomic mass is 9.77. The number of benzene rings is 3. The fourth-order valence-corrected chi connectivity index (χ4v) is 5.98. The van der Waals surface area contributed by atoms with E-state index in [0.717, 1.165) is 9.37 Å². The van der Waals surface area contributed by atoms with Gasteiger partial charge in [-0.05, 0) is 42.3 Å². The monoisotopic (exact) mass is 549 g/mol. The van der Waals surface area contributed by atoms with E-state index in [2.05, 4.69) is 15.9 Å². The summed E-state index contributed by atoms with van der Waals surface area (Å²) < 4.78 is 7.10. The number of Topliss-reactive ketones (excluding diaryl/α,β-unsaturated/α-hetero) is 2. The first-order chi connectivity index (χ1) is 16.8. The minimum Gasteiger partial charge on any atom is -0.349 e. The SMILES string of the molecule is Cc1c(Cl)cccc1N1C(=O)C2C(c3ccc(Br)cc3)OC3(C(=O)c4ccccc4C3=O)C2C1=O. The van der Waals surface area contributed by atoms with Gasteiger partial charge in [-0.25, -0.2) is 4.90 Å². The topological polar surface area (TPSA) is 80.8 Å². The van der Waals surface area contributed by atoms with Gasteiger partial charge in [-0.15, -0.1) is 0 Å². The van der Waals surface area contributed by atoms with Crippen LogP contribution in [-0.2, 0) is 14.3 Å². The largest absolute Gasteiger partial charge is 0.349 e. The fourth-order valence-electron chi connectivity index (χ4n) is 5.55. The Kier molecular flexibility index (Phi) is 4.90. The highest BCUT2D eigenvalue weighted by Gasteiger charge is 2.74. The zero-order valence-electron chi connectivity index (χ0n) is 18.3. The Morgan fingerprint density at radius 1 is 0.857 bits per heavy atom. The van der Waals surface area contributed by atoms with Crippen LogP contribution in [0.2, 0.25) is 5.02 Å². The molecule has 2 heterocycles. The molecule has 2 fully saturated rings. The maximum atomic E-state index is 14.0. The summed E-state index contributed by atoms with van der Waals surface area (Å²) in [6.45, 7) is 1.71. The van der Waals surface area contributed by atoms with Gasteiger partial charge in [0.25, 0.3) is 0 Å². The second kappa shape index (κ2) is 7.68. The predicted octanol–water partition coefficient (Wildman–Crippen LogP) is 5.11.